The van der Waals surface area contributed by atoms with Crippen molar-refractivity contribution in [3.63, 3.8) is 0 Å². The normalized spacial score (nSPS) is 13.4. The largest absolute Gasteiger partial charge is 0.393 e. The van der Waals surface area contributed by atoms with Gasteiger partial charge in [-0.1, -0.05) is 0 Å². The summed E-state index contributed by atoms with van der Waals surface area (Å²) in [6, 6.07) is 2.98. The molecule has 0 unspecified atom stereocenters. The number of anilines is 1. The van der Waals surface area contributed by atoms with E-state index in [0.717, 1.165) is 11.1 Å². The van der Waals surface area contributed by atoms with Gasteiger partial charge in [0, 0.05) is 19.2 Å². The van der Waals surface area contributed by atoms with Crippen LogP contribution in [0.2, 0.25) is 0 Å². The molecule has 0 spiro atoms. The molecule has 0 saturated heterocycles. The number of benzene rings is 1. The number of nitro groups is 1. The fraction of sp³-hybridized carbons (Fsp3) is 0.182. The molecule has 1 aromatic rings. The lowest BCUT2D eigenvalue weighted by Gasteiger charge is -2.22. The Bertz CT molecular complexity index is 537. The fourth-order valence-electron chi connectivity index (χ4n) is 1.74. The molecule has 0 fully saturated rings. The van der Waals surface area contributed by atoms with Gasteiger partial charge in [0.05, 0.1) is 11.5 Å². The Morgan fingerprint density at radius 3 is 2.82 bits per heavy atom. The van der Waals surface area contributed by atoms with Gasteiger partial charge >= 0.3 is 0 Å². The Labute approximate surface area is 97.5 Å². The standard InChI is InChI=1S/C11H11N3O3/c1-7(15)13-3-2-8-5-11(14(16)17)10(12)4-9(8)6-13/h2-5H,6,12H2,1H3. The minimum atomic E-state index is -0.513. The van der Waals surface area contributed by atoms with E-state index in [1.807, 2.05) is 0 Å². The van der Waals surface area contributed by atoms with E-state index in [0.29, 0.717) is 6.54 Å². The zero-order chi connectivity index (χ0) is 12.6. The van der Waals surface area contributed by atoms with Gasteiger partial charge in [-0.3, -0.25) is 14.9 Å². The number of amides is 1. The smallest absolute Gasteiger partial charge is 0.292 e. The molecule has 0 atom stereocenters. The number of carbonyl (C=O) groups excluding carboxylic acids is 1. The average molecular weight is 233 g/mol. The molecule has 0 bridgehead atoms. The first-order valence-corrected chi connectivity index (χ1v) is 5.01. The Kier molecular flexibility index (Phi) is 2.55. The molecule has 0 saturated carbocycles. The summed E-state index contributed by atoms with van der Waals surface area (Å²) in [4.78, 5) is 22.9. The van der Waals surface area contributed by atoms with E-state index in [1.165, 1.54) is 17.9 Å². The van der Waals surface area contributed by atoms with Crippen LogP contribution in [0.5, 0.6) is 0 Å². The predicted molar refractivity (Wildman–Crippen MR) is 62.8 cm³/mol. The van der Waals surface area contributed by atoms with Crippen LogP contribution in [0, 0.1) is 10.1 Å². The van der Waals surface area contributed by atoms with Crippen LogP contribution in [0.15, 0.2) is 18.3 Å². The van der Waals surface area contributed by atoms with Crippen LogP contribution in [-0.2, 0) is 11.3 Å². The number of nitrogens with zero attached hydrogens (tertiary/aromatic N) is 2. The SMILES string of the molecule is CC(=O)N1C=Cc2cc([N+](=O)[O-])c(N)cc2C1. The molecule has 1 aromatic carbocycles. The molecule has 0 aliphatic carbocycles. The number of hydrogen-bond donors (Lipinski definition) is 1. The van der Waals surface area contributed by atoms with Gasteiger partial charge in [-0.25, -0.2) is 0 Å². The first-order valence-electron chi connectivity index (χ1n) is 5.01. The molecule has 1 aliphatic rings. The number of fused-ring (bicyclic) bond motifs is 1. The third kappa shape index (κ3) is 1.96. The fourth-order valence-corrected chi connectivity index (χ4v) is 1.74. The Balaban J connectivity index is 2.45. The Morgan fingerprint density at radius 1 is 1.53 bits per heavy atom. The van der Waals surface area contributed by atoms with Gasteiger partial charge in [0.2, 0.25) is 5.91 Å². The highest BCUT2D eigenvalue weighted by atomic mass is 16.6. The number of nitrogen functional groups attached to an aromatic ring is 1. The van der Waals surface area contributed by atoms with Crippen LogP contribution in [0.1, 0.15) is 18.1 Å². The minimum absolute atomic E-state index is 0.0798. The van der Waals surface area contributed by atoms with E-state index in [2.05, 4.69) is 0 Å². The monoisotopic (exact) mass is 233 g/mol. The number of hydrogen-bond acceptors (Lipinski definition) is 4. The van der Waals surface area contributed by atoms with E-state index in [1.54, 1.807) is 18.3 Å². The van der Waals surface area contributed by atoms with E-state index < -0.39 is 4.92 Å². The number of nitrogens with two attached hydrogens (primary N) is 1. The second kappa shape index (κ2) is 3.89. The second-order valence-electron chi connectivity index (χ2n) is 3.83. The summed E-state index contributed by atoms with van der Waals surface area (Å²) < 4.78 is 0. The molecule has 88 valence electrons. The summed E-state index contributed by atoms with van der Waals surface area (Å²) in [5, 5.41) is 10.7. The lowest BCUT2D eigenvalue weighted by atomic mass is 10.0. The van der Waals surface area contributed by atoms with Gasteiger partial charge in [0.1, 0.15) is 5.69 Å². The van der Waals surface area contributed by atoms with Gasteiger partial charge in [-0.2, -0.15) is 0 Å². The van der Waals surface area contributed by atoms with Crippen LogP contribution < -0.4 is 5.73 Å². The maximum absolute atomic E-state index is 11.2. The van der Waals surface area contributed by atoms with E-state index in [4.69, 9.17) is 5.73 Å². The van der Waals surface area contributed by atoms with Gasteiger partial charge in [0.15, 0.2) is 0 Å². The molecule has 1 amide bonds. The zero-order valence-electron chi connectivity index (χ0n) is 9.21. The summed E-state index contributed by atoms with van der Waals surface area (Å²) in [7, 11) is 0. The van der Waals surface area contributed by atoms with Crippen molar-refractivity contribution >= 4 is 23.4 Å². The topological polar surface area (TPSA) is 89.5 Å². The third-order valence-corrected chi connectivity index (χ3v) is 2.66. The molecule has 2 rings (SSSR count). The first-order chi connectivity index (χ1) is 7.99. The molecular formula is C11H11N3O3. The van der Waals surface area contributed by atoms with Gasteiger partial charge in [-0.15, -0.1) is 0 Å². The summed E-state index contributed by atoms with van der Waals surface area (Å²) in [5.74, 6) is -0.0798. The highest BCUT2D eigenvalue weighted by Gasteiger charge is 2.19. The molecule has 0 radical (unpaired) electrons. The van der Waals surface area contributed by atoms with Crippen LogP contribution in [0.3, 0.4) is 0 Å². The van der Waals surface area contributed by atoms with Crippen LogP contribution >= 0.6 is 0 Å². The first kappa shape index (κ1) is 11.1. The average Bonchev–Trinajstić information content (AvgIpc) is 2.26. The van der Waals surface area contributed by atoms with Crippen molar-refractivity contribution in [2.24, 2.45) is 0 Å². The second-order valence-corrected chi connectivity index (χ2v) is 3.83. The van der Waals surface area contributed by atoms with E-state index in [-0.39, 0.29) is 17.3 Å². The van der Waals surface area contributed by atoms with E-state index >= 15 is 0 Å². The van der Waals surface area contributed by atoms with Gasteiger partial charge < -0.3 is 10.6 Å². The lowest BCUT2D eigenvalue weighted by Crippen LogP contribution is -2.24. The molecule has 1 aliphatic heterocycles. The third-order valence-electron chi connectivity index (χ3n) is 2.66. The number of rotatable bonds is 1. The summed E-state index contributed by atoms with van der Waals surface area (Å²) in [5.41, 5.74) is 7.15. The number of nitro benzene ring substituents is 1. The quantitative estimate of drug-likeness (QED) is 0.452. The van der Waals surface area contributed by atoms with Crippen molar-refractivity contribution in [2.45, 2.75) is 13.5 Å². The van der Waals surface area contributed by atoms with Crippen molar-refractivity contribution in [1.82, 2.24) is 4.90 Å². The maximum Gasteiger partial charge on any atom is 0.292 e. The van der Waals surface area contributed by atoms with Crippen molar-refractivity contribution in [3.05, 3.63) is 39.6 Å². The van der Waals surface area contributed by atoms with E-state index in [9.17, 15) is 14.9 Å². The van der Waals surface area contributed by atoms with Crippen molar-refractivity contribution in [1.29, 1.82) is 0 Å². The molecule has 6 nitrogen and oxygen atoms in total. The van der Waals surface area contributed by atoms with Crippen LogP contribution in [-0.4, -0.2) is 15.7 Å². The molecular weight excluding hydrogens is 222 g/mol. The zero-order valence-corrected chi connectivity index (χ0v) is 9.21. The van der Waals surface area contributed by atoms with Crippen molar-refractivity contribution in [3.8, 4) is 0 Å². The highest BCUT2D eigenvalue weighted by Crippen LogP contribution is 2.29. The summed E-state index contributed by atoms with van der Waals surface area (Å²) in [6.07, 6.45) is 3.29. The summed E-state index contributed by atoms with van der Waals surface area (Å²) >= 11 is 0. The molecule has 0 aromatic heterocycles. The summed E-state index contributed by atoms with van der Waals surface area (Å²) in [6.45, 7) is 1.85. The molecule has 2 N–H and O–H groups in total. The maximum atomic E-state index is 11.2. The van der Waals surface area contributed by atoms with Gasteiger partial charge in [0.25, 0.3) is 5.69 Å². The Hall–Kier alpha value is -2.37. The van der Waals surface area contributed by atoms with Gasteiger partial charge in [-0.05, 0) is 23.3 Å². The molecule has 6 heteroatoms. The predicted octanol–water partition coefficient (Wildman–Crippen LogP) is 1.51. The minimum Gasteiger partial charge on any atom is -0.393 e. The van der Waals surface area contributed by atoms with Crippen molar-refractivity contribution < 1.29 is 9.72 Å². The highest BCUT2D eigenvalue weighted by molar-refractivity contribution is 5.78. The molecule has 1 heterocycles. The van der Waals surface area contributed by atoms with Crippen molar-refractivity contribution in [2.75, 3.05) is 5.73 Å². The number of carbonyl (C=O) groups is 1. The van der Waals surface area contributed by atoms with Crippen LogP contribution in [0.4, 0.5) is 11.4 Å². The van der Waals surface area contributed by atoms with Crippen LogP contribution in [0.25, 0.3) is 6.08 Å². The molecule has 17 heavy (non-hydrogen) atoms. The lowest BCUT2D eigenvalue weighted by molar-refractivity contribution is -0.383. The Morgan fingerprint density at radius 2 is 2.24 bits per heavy atom.